The van der Waals surface area contributed by atoms with E-state index in [1.54, 1.807) is 44.2 Å². The quantitative estimate of drug-likeness (QED) is 0.246. The first-order valence-electron chi connectivity index (χ1n) is 10.8. The molecule has 9 nitrogen and oxygen atoms in total. The smallest absolute Gasteiger partial charge is 0.432 e. The molecule has 186 valence electrons. The maximum Gasteiger partial charge on any atom is 0.432 e. The molecule has 0 aromatic heterocycles. The summed E-state index contributed by atoms with van der Waals surface area (Å²) < 4.78 is 55.6. The molecule has 0 radical (unpaired) electrons. The molecule has 1 unspecified atom stereocenters. The van der Waals surface area contributed by atoms with Crippen LogP contribution in [0.5, 0.6) is 0 Å². The van der Waals surface area contributed by atoms with Crippen molar-refractivity contribution in [2.45, 2.75) is 51.7 Å². The average Bonchev–Trinajstić information content (AvgIpc) is 2.97. The largest absolute Gasteiger partial charge is 0.467 e. The normalized spacial score (nSPS) is 27.5. The maximum atomic E-state index is 14.5. The minimum atomic E-state index is -3.99. The Balaban J connectivity index is 1.96. The summed E-state index contributed by atoms with van der Waals surface area (Å²) in [7, 11) is -3.99. The van der Waals surface area contributed by atoms with Crippen LogP contribution in [0.4, 0.5) is 10.1 Å². The molecule has 1 aliphatic heterocycles. The van der Waals surface area contributed by atoms with Crippen molar-refractivity contribution in [3.05, 3.63) is 30.3 Å². The topological polar surface area (TPSA) is 120 Å². The number of hydrogen-bond donors (Lipinski definition) is 2. The lowest BCUT2D eigenvalue weighted by molar-refractivity contribution is -0.134. The van der Waals surface area contributed by atoms with Gasteiger partial charge in [0.2, 0.25) is 0 Å². The Labute approximate surface area is 198 Å². The van der Waals surface area contributed by atoms with E-state index in [0.29, 0.717) is 5.69 Å². The fourth-order valence-corrected chi connectivity index (χ4v) is 5.17. The van der Waals surface area contributed by atoms with Gasteiger partial charge < -0.3 is 14.6 Å². The maximum absolute atomic E-state index is 14.5. The van der Waals surface area contributed by atoms with Crippen LogP contribution in [-0.4, -0.2) is 66.2 Å². The average molecular weight is 509 g/mol. The first kappa shape index (κ1) is 26.1. The molecule has 1 heterocycles. The van der Waals surface area contributed by atoms with Gasteiger partial charge in [0.05, 0.1) is 24.7 Å². The molecule has 1 aromatic carbocycles. The summed E-state index contributed by atoms with van der Waals surface area (Å²) in [6.45, 7) is 5.08. The van der Waals surface area contributed by atoms with E-state index in [1.165, 1.54) is 13.8 Å². The van der Waals surface area contributed by atoms with Crippen LogP contribution in [0, 0.1) is 5.41 Å². The first-order valence-corrected chi connectivity index (χ1v) is 12.8. The highest BCUT2D eigenvalue weighted by Gasteiger charge is 2.52. The van der Waals surface area contributed by atoms with E-state index < -0.39 is 43.6 Å². The van der Waals surface area contributed by atoms with Crippen LogP contribution in [0.1, 0.15) is 29.1 Å². The molecule has 5 atom stereocenters. The van der Waals surface area contributed by atoms with E-state index in [9.17, 15) is 23.7 Å². The van der Waals surface area contributed by atoms with E-state index in [2.05, 4.69) is 9.82 Å². The van der Waals surface area contributed by atoms with Crippen LogP contribution in [-0.2, 0) is 32.7 Å². The monoisotopic (exact) mass is 508 g/mol. The second kappa shape index (κ2) is 11.8. The van der Waals surface area contributed by atoms with Crippen molar-refractivity contribution in [3.63, 3.8) is 0 Å². The highest BCUT2D eigenvalue weighted by molar-refractivity contribution is 8.13. The molecule has 0 amide bonds. The number of aliphatic hydroxyl groups excluding tert-OH is 1. The third kappa shape index (κ3) is 7.77. The molecule has 1 fully saturated rings. The molecule has 0 spiro atoms. The van der Waals surface area contributed by atoms with Crippen molar-refractivity contribution >= 4 is 36.8 Å². The number of para-hydroxylation sites is 1. The van der Waals surface area contributed by atoms with E-state index in [0.717, 1.165) is 11.8 Å². The lowest BCUT2D eigenvalue weighted by Crippen LogP contribution is -2.41. The van der Waals surface area contributed by atoms with Crippen LogP contribution >= 0.6 is 19.5 Å². The SMILES string of the molecule is [2H]C(=O)OCC(C)(C)C(=O)SCCOP(=O)(Nc1ccccc1)OC[C@H]1O[C@@H](C)[C@](C)(F)[C@@H]1O. The van der Waals surface area contributed by atoms with Crippen LogP contribution in [0.2, 0.25) is 0 Å². The van der Waals surface area contributed by atoms with Crippen LogP contribution < -0.4 is 5.09 Å². The van der Waals surface area contributed by atoms with Crippen molar-refractivity contribution in [3.8, 4) is 0 Å². The molecular weight excluding hydrogens is 476 g/mol. The van der Waals surface area contributed by atoms with Crippen LogP contribution in [0.3, 0.4) is 0 Å². The number of carbonyl (C=O) groups is 2. The Kier molecular flexibility index (Phi) is 9.32. The number of rotatable bonds is 12. The molecular formula is C21H31FNO8PS. The number of alkyl halides is 1. The molecule has 2 N–H and O–H groups in total. The summed E-state index contributed by atoms with van der Waals surface area (Å²) in [4.78, 5) is 23.1. The van der Waals surface area contributed by atoms with Gasteiger partial charge in [-0.25, -0.2) is 8.96 Å². The standard InChI is InChI=1S/C21H31FNO8PS/c1-15-21(4,22)18(25)17(31-15)12-30-32(27,23-16-8-6-5-7-9-16)29-10-11-33-19(26)20(2,3)13-28-14-24/h5-9,14-15,17-18,25H,10-13H2,1-4H3,(H,23,27)/t15-,17+,18+,21-,32?/m0/s1/i14D. The van der Waals surface area contributed by atoms with Gasteiger partial charge in [-0.2, -0.15) is 0 Å². The molecule has 1 aromatic rings. The number of halogens is 1. The third-order valence-corrected chi connectivity index (χ3v) is 7.90. The summed E-state index contributed by atoms with van der Waals surface area (Å²) in [6, 6.07) is 8.50. The second-order valence-electron chi connectivity index (χ2n) is 8.41. The minimum absolute atomic E-state index is 0.114. The fourth-order valence-electron chi connectivity index (χ4n) is 2.90. The number of thioether (sulfide) groups is 1. The zero-order chi connectivity index (χ0) is 25.6. The molecule has 1 saturated heterocycles. The van der Waals surface area contributed by atoms with E-state index in [-0.39, 0.29) is 30.7 Å². The van der Waals surface area contributed by atoms with Crippen molar-refractivity contribution in [2.24, 2.45) is 5.41 Å². The number of hydrogen-bond acceptors (Lipinski definition) is 9. The number of ether oxygens (including phenoxy) is 2. The number of benzene rings is 1. The van der Waals surface area contributed by atoms with E-state index >= 15 is 0 Å². The number of nitrogens with one attached hydrogen (secondary N) is 1. The molecule has 12 heteroatoms. The van der Waals surface area contributed by atoms with Crippen molar-refractivity contribution < 1.29 is 43.5 Å². The second-order valence-corrected chi connectivity index (χ2v) is 11.2. The van der Waals surface area contributed by atoms with Crippen LogP contribution in [0.15, 0.2) is 30.3 Å². The van der Waals surface area contributed by atoms with Gasteiger partial charge in [0.1, 0.15) is 18.8 Å². The number of carbonyl (C=O) groups excluding carboxylic acids is 2. The van der Waals surface area contributed by atoms with Crippen molar-refractivity contribution in [1.82, 2.24) is 0 Å². The molecule has 0 aliphatic carbocycles. The molecule has 1 aliphatic rings. The van der Waals surface area contributed by atoms with Crippen molar-refractivity contribution in [2.75, 3.05) is 30.7 Å². The predicted molar refractivity (Wildman–Crippen MR) is 123 cm³/mol. The highest BCUT2D eigenvalue weighted by Crippen LogP contribution is 2.49. The first-order chi connectivity index (χ1) is 15.8. The van der Waals surface area contributed by atoms with Gasteiger partial charge in [0.15, 0.2) is 12.2 Å². The Hall–Kier alpha value is -1.49. The third-order valence-electron chi connectivity index (χ3n) is 5.18. The lowest BCUT2D eigenvalue weighted by Gasteiger charge is -2.24. The lowest BCUT2D eigenvalue weighted by atomic mass is 9.96. The van der Waals surface area contributed by atoms with Gasteiger partial charge in [0, 0.05) is 11.4 Å². The van der Waals surface area contributed by atoms with Crippen molar-refractivity contribution in [1.29, 1.82) is 0 Å². The molecule has 2 rings (SSSR count). The molecule has 0 saturated carbocycles. The summed E-state index contributed by atoms with van der Waals surface area (Å²) in [5.74, 6) is 0.114. The van der Waals surface area contributed by atoms with E-state index in [4.69, 9.17) is 15.2 Å². The summed E-state index contributed by atoms with van der Waals surface area (Å²) >= 11 is 0.891. The molecule has 0 bridgehead atoms. The Bertz CT molecular complexity index is 891. The predicted octanol–water partition coefficient (Wildman–Crippen LogP) is 3.58. The van der Waals surface area contributed by atoms with Gasteiger partial charge >= 0.3 is 7.75 Å². The summed E-state index contributed by atoms with van der Waals surface area (Å²) in [5, 5.41) is 12.6. The molecule has 33 heavy (non-hydrogen) atoms. The Morgan fingerprint density at radius 3 is 2.67 bits per heavy atom. The zero-order valence-electron chi connectivity index (χ0n) is 20.0. The highest BCUT2D eigenvalue weighted by atomic mass is 32.2. The zero-order valence-corrected chi connectivity index (χ0v) is 20.7. The van der Waals surface area contributed by atoms with Gasteiger partial charge in [-0.1, -0.05) is 30.0 Å². The van der Waals surface area contributed by atoms with Gasteiger partial charge in [-0.05, 0) is 39.8 Å². The number of aliphatic hydroxyl groups is 1. The van der Waals surface area contributed by atoms with Gasteiger partial charge in [-0.3, -0.25) is 23.7 Å². The van der Waals surface area contributed by atoms with Gasteiger partial charge in [0.25, 0.3) is 6.45 Å². The number of anilines is 1. The minimum Gasteiger partial charge on any atom is -0.467 e. The van der Waals surface area contributed by atoms with E-state index in [1.807, 2.05) is 0 Å². The summed E-state index contributed by atoms with van der Waals surface area (Å²) in [5.41, 5.74) is -2.55. The van der Waals surface area contributed by atoms with Gasteiger partial charge in [-0.15, -0.1) is 0 Å². The Morgan fingerprint density at radius 2 is 2.09 bits per heavy atom. The Morgan fingerprint density at radius 1 is 1.42 bits per heavy atom. The fraction of sp³-hybridized carbons (Fsp3) is 0.619. The summed E-state index contributed by atoms with van der Waals surface area (Å²) in [6.07, 6.45) is -4.62. The van der Waals surface area contributed by atoms with Crippen LogP contribution in [0.25, 0.3) is 0 Å².